The van der Waals surface area contributed by atoms with Gasteiger partial charge in [0.25, 0.3) is 0 Å². The zero-order valence-corrected chi connectivity index (χ0v) is 17.9. The van der Waals surface area contributed by atoms with Crippen molar-refractivity contribution in [2.24, 2.45) is 0 Å². The minimum atomic E-state index is -0.958. The van der Waals surface area contributed by atoms with Gasteiger partial charge >= 0.3 is 5.97 Å². The lowest BCUT2D eigenvalue weighted by Gasteiger charge is -2.39. The highest BCUT2D eigenvalue weighted by molar-refractivity contribution is 7.20. The quantitative estimate of drug-likeness (QED) is 0.620. The predicted molar refractivity (Wildman–Crippen MR) is 115 cm³/mol. The number of carbonyl (C=O) groups is 1. The van der Waals surface area contributed by atoms with Crippen LogP contribution in [0, 0.1) is 6.92 Å². The van der Waals surface area contributed by atoms with Crippen LogP contribution < -0.4 is 4.90 Å². The Labute approximate surface area is 178 Å². The maximum Gasteiger partial charge on any atom is 0.348 e. The summed E-state index contributed by atoms with van der Waals surface area (Å²) in [6, 6.07) is 7.45. The Bertz CT molecular complexity index is 1060. The van der Waals surface area contributed by atoms with Gasteiger partial charge in [0, 0.05) is 23.7 Å². The molecule has 0 radical (unpaired) electrons. The lowest BCUT2D eigenvalue weighted by atomic mass is 9.84. The van der Waals surface area contributed by atoms with E-state index in [0.717, 1.165) is 27.2 Å². The number of piperidine rings is 1. The van der Waals surface area contributed by atoms with Crippen LogP contribution >= 0.6 is 22.9 Å². The molecule has 3 aromatic rings. The molecule has 0 aliphatic carbocycles. The van der Waals surface area contributed by atoms with E-state index in [1.54, 1.807) is 13.0 Å². The number of anilines is 1. The van der Waals surface area contributed by atoms with Crippen molar-refractivity contribution in [2.45, 2.75) is 32.3 Å². The molecule has 1 aliphatic heterocycles. The molecule has 1 saturated heterocycles. The number of ether oxygens (including phenoxy) is 1. The van der Waals surface area contributed by atoms with Crippen molar-refractivity contribution in [1.29, 1.82) is 0 Å². The van der Waals surface area contributed by atoms with E-state index in [1.165, 1.54) is 17.7 Å². The molecule has 3 heterocycles. The van der Waals surface area contributed by atoms with Crippen molar-refractivity contribution in [3.05, 3.63) is 51.6 Å². The zero-order valence-electron chi connectivity index (χ0n) is 16.3. The minimum Gasteiger partial charge on any atom is -0.462 e. The molecule has 4 rings (SSSR count). The fraction of sp³-hybridized carbons (Fsp3) is 0.381. The molecule has 0 amide bonds. The van der Waals surface area contributed by atoms with Gasteiger partial charge < -0.3 is 14.7 Å². The fourth-order valence-corrected chi connectivity index (χ4v) is 5.23. The number of aryl methyl sites for hydroxylation is 1. The van der Waals surface area contributed by atoms with Crippen LogP contribution in [0.4, 0.5) is 5.82 Å². The number of aliphatic hydroxyl groups is 1. The molecule has 0 spiro atoms. The van der Waals surface area contributed by atoms with E-state index < -0.39 is 5.60 Å². The number of rotatable bonds is 4. The summed E-state index contributed by atoms with van der Waals surface area (Å²) in [6.07, 6.45) is 2.60. The number of carbonyl (C=O) groups excluding carboxylic acids is 1. The van der Waals surface area contributed by atoms with E-state index >= 15 is 0 Å². The molecule has 6 nitrogen and oxygen atoms in total. The number of hydrogen-bond donors (Lipinski definition) is 1. The van der Waals surface area contributed by atoms with Crippen LogP contribution in [0.2, 0.25) is 5.02 Å². The number of fused-ring (bicyclic) bond motifs is 1. The molecule has 1 fully saturated rings. The van der Waals surface area contributed by atoms with Gasteiger partial charge in [-0.05, 0) is 38.3 Å². The number of hydrogen-bond acceptors (Lipinski definition) is 7. The Kier molecular flexibility index (Phi) is 5.46. The van der Waals surface area contributed by atoms with Gasteiger partial charge in [0.2, 0.25) is 0 Å². The summed E-state index contributed by atoms with van der Waals surface area (Å²) in [5.74, 6) is 0.464. The highest BCUT2D eigenvalue weighted by atomic mass is 35.5. The molecule has 152 valence electrons. The average molecular weight is 432 g/mol. The van der Waals surface area contributed by atoms with Crippen LogP contribution in [-0.2, 0) is 10.3 Å². The van der Waals surface area contributed by atoms with Crippen LogP contribution in [-0.4, -0.2) is 40.7 Å². The van der Waals surface area contributed by atoms with Crippen molar-refractivity contribution >= 4 is 44.9 Å². The maximum atomic E-state index is 12.3. The first-order valence-electron chi connectivity index (χ1n) is 9.58. The summed E-state index contributed by atoms with van der Waals surface area (Å²) in [6.45, 7) is 5.27. The number of esters is 1. The maximum absolute atomic E-state index is 12.3. The number of nitrogens with zero attached hydrogens (tertiary/aromatic N) is 3. The molecular formula is C21H22ClN3O3S. The monoisotopic (exact) mass is 431 g/mol. The van der Waals surface area contributed by atoms with E-state index in [4.69, 9.17) is 16.3 Å². The Morgan fingerprint density at radius 2 is 2.03 bits per heavy atom. The number of halogens is 1. The molecule has 1 aliphatic rings. The largest absolute Gasteiger partial charge is 0.462 e. The second-order valence-electron chi connectivity index (χ2n) is 7.15. The first kappa shape index (κ1) is 20.1. The van der Waals surface area contributed by atoms with Crippen molar-refractivity contribution in [3.63, 3.8) is 0 Å². The van der Waals surface area contributed by atoms with E-state index in [1.807, 2.05) is 25.1 Å². The number of aromatic nitrogens is 2. The SMILES string of the molecule is CCOC(=O)c1sc2ncnc(N3CCC(O)(c4ccccc4Cl)CC3)c2c1C. The third-order valence-electron chi connectivity index (χ3n) is 5.43. The lowest BCUT2D eigenvalue weighted by Crippen LogP contribution is -2.43. The van der Waals surface area contributed by atoms with Gasteiger partial charge in [0.1, 0.15) is 21.9 Å². The number of benzene rings is 1. The molecular weight excluding hydrogens is 410 g/mol. The third kappa shape index (κ3) is 3.58. The molecule has 1 aromatic carbocycles. The molecule has 0 saturated carbocycles. The zero-order chi connectivity index (χ0) is 20.6. The van der Waals surface area contributed by atoms with Gasteiger partial charge in [0.05, 0.1) is 17.6 Å². The van der Waals surface area contributed by atoms with Gasteiger partial charge in [-0.1, -0.05) is 29.8 Å². The second kappa shape index (κ2) is 7.89. The van der Waals surface area contributed by atoms with Gasteiger partial charge in [-0.2, -0.15) is 0 Å². The molecule has 8 heteroatoms. The van der Waals surface area contributed by atoms with E-state index in [2.05, 4.69) is 14.9 Å². The highest BCUT2D eigenvalue weighted by Gasteiger charge is 2.36. The van der Waals surface area contributed by atoms with E-state index in [0.29, 0.717) is 42.4 Å². The van der Waals surface area contributed by atoms with Gasteiger partial charge in [-0.25, -0.2) is 14.8 Å². The summed E-state index contributed by atoms with van der Waals surface area (Å²) >= 11 is 7.65. The average Bonchev–Trinajstić information content (AvgIpc) is 3.06. The van der Waals surface area contributed by atoms with Crippen LogP contribution in [0.5, 0.6) is 0 Å². The van der Waals surface area contributed by atoms with Crippen LogP contribution in [0.3, 0.4) is 0 Å². The first-order valence-corrected chi connectivity index (χ1v) is 10.8. The molecule has 0 bridgehead atoms. The summed E-state index contributed by atoms with van der Waals surface area (Å²) in [7, 11) is 0. The van der Waals surface area contributed by atoms with Gasteiger partial charge in [-0.15, -0.1) is 11.3 Å². The Hall–Kier alpha value is -2.22. The summed E-state index contributed by atoms with van der Waals surface area (Å²) in [5.41, 5.74) is 0.650. The Morgan fingerprint density at radius 1 is 1.31 bits per heavy atom. The molecule has 29 heavy (non-hydrogen) atoms. The van der Waals surface area contributed by atoms with Crippen LogP contribution in [0.15, 0.2) is 30.6 Å². The van der Waals surface area contributed by atoms with Gasteiger partial charge in [-0.3, -0.25) is 0 Å². The van der Waals surface area contributed by atoms with E-state index in [-0.39, 0.29) is 5.97 Å². The van der Waals surface area contributed by atoms with Crippen LogP contribution in [0.25, 0.3) is 10.2 Å². The molecule has 0 unspecified atom stereocenters. The van der Waals surface area contributed by atoms with Crippen molar-refractivity contribution in [3.8, 4) is 0 Å². The highest BCUT2D eigenvalue weighted by Crippen LogP contribution is 2.40. The van der Waals surface area contributed by atoms with E-state index in [9.17, 15) is 9.90 Å². The van der Waals surface area contributed by atoms with Crippen LogP contribution in [0.1, 0.15) is 40.6 Å². The van der Waals surface area contributed by atoms with Crippen molar-refractivity contribution in [1.82, 2.24) is 9.97 Å². The molecule has 0 atom stereocenters. The smallest absolute Gasteiger partial charge is 0.348 e. The Balaban J connectivity index is 1.63. The Morgan fingerprint density at radius 3 is 2.72 bits per heavy atom. The fourth-order valence-electron chi connectivity index (χ4n) is 3.88. The topological polar surface area (TPSA) is 75.5 Å². The molecule has 2 aromatic heterocycles. The first-order chi connectivity index (χ1) is 13.9. The van der Waals surface area contributed by atoms with Gasteiger partial charge in [0.15, 0.2) is 0 Å². The predicted octanol–water partition coefficient (Wildman–Crippen LogP) is 4.32. The standard InChI is InChI=1S/C21H22ClN3O3S/c1-3-28-20(26)17-13(2)16-18(23-12-24-19(16)29-17)25-10-8-21(27,9-11-25)14-6-4-5-7-15(14)22/h4-7,12,27H,3,8-11H2,1-2H3. The summed E-state index contributed by atoms with van der Waals surface area (Å²) in [4.78, 5) is 24.6. The third-order valence-corrected chi connectivity index (χ3v) is 6.94. The summed E-state index contributed by atoms with van der Waals surface area (Å²) in [5, 5.41) is 12.7. The minimum absolute atomic E-state index is 0.328. The second-order valence-corrected chi connectivity index (χ2v) is 8.56. The lowest BCUT2D eigenvalue weighted by molar-refractivity contribution is 0.0118. The molecule has 1 N–H and O–H groups in total. The van der Waals surface area contributed by atoms with Crippen molar-refractivity contribution in [2.75, 3.05) is 24.6 Å². The van der Waals surface area contributed by atoms with Crippen molar-refractivity contribution < 1.29 is 14.6 Å². The number of thiophene rings is 1. The normalized spacial score (nSPS) is 16.2. The summed E-state index contributed by atoms with van der Waals surface area (Å²) < 4.78 is 5.18.